The van der Waals surface area contributed by atoms with Gasteiger partial charge in [-0.15, -0.1) is 11.3 Å². The van der Waals surface area contributed by atoms with Crippen LogP contribution in [0.2, 0.25) is 0 Å². The molecule has 1 aliphatic rings. The lowest BCUT2D eigenvalue weighted by Gasteiger charge is -2.31. The van der Waals surface area contributed by atoms with Crippen molar-refractivity contribution in [3.63, 3.8) is 0 Å². The van der Waals surface area contributed by atoms with Gasteiger partial charge in [0.2, 0.25) is 0 Å². The van der Waals surface area contributed by atoms with E-state index in [1.807, 2.05) is 16.3 Å². The Bertz CT molecular complexity index is 507. The molecule has 1 aliphatic heterocycles. The zero-order valence-corrected chi connectivity index (χ0v) is 11.6. The molecule has 0 aromatic carbocycles. The van der Waals surface area contributed by atoms with Crippen LogP contribution in [0.5, 0.6) is 0 Å². The fourth-order valence-corrected chi connectivity index (χ4v) is 3.04. The number of thiophene rings is 1. The summed E-state index contributed by atoms with van der Waals surface area (Å²) in [7, 11) is 0. The second kappa shape index (κ2) is 5.13. The first-order valence-corrected chi connectivity index (χ1v) is 7.02. The Morgan fingerprint density at radius 1 is 1.61 bits per heavy atom. The number of likely N-dealkylation sites (tertiary alicyclic amines) is 1. The smallest absolute Gasteiger partial charge is 0.255 e. The lowest BCUT2D eigenvalue weighted by atomic mass is 10.0. The van der Waals surface area contributed by atoms with Gasteiger partial charge in [-0.25, -0.2) is 0 Å². The molecule has 0 radical (unpaired) electrons. The summed E-state index contributed by atoms with van der Waals surface area (Å²) in [6, 6.07) is 1.87. The molecule has 4 heteroatoms. The van der Waals surface area contributed by atoms with Crippen LogP contribution in [-0.2, 0) is 0 Å². The molecule has 2 heterocycles. The van der Waals surface area contributed by atoms with Crippen LogP contribution < -0.4 is 5.73 Å². The summed E-state index contributed by atoms with van der Waals surface area (Å²) in [6.07, 6.45) is 2.16. The molecule has 1 saturated heterocycles. The average molecular weight is 262 g/mol. The molecule has 1 amide bonds. The monoisotopic (exact) mass is 262 g/mol. The van der Waals surface area contributed by atoms with Gasteiger partial charge >= 0.3 is 0 Å². The maximum absolute atomic E-state index is 12.4. The average Bonchev–Trinajstić information content (AvgIpc) is 2.92. The van der Waals surface area contributed by atoms with E-state index in [0.717, 1.165) is 29.8 Å². The molecule has 1 fully saturated rings. The standard InChI is InChI=1S/C14H18N2OS/c1-14(2)6-4-8-16(14)13(17)11-9-12(18-10-11)5-3-7-15/h9-10H,4,6-8,15H2,1-2H3. The van der Waals surface area contributed by atoms with E-state index in [4.69, 9.17) is 5.73 Å². The van der Waals surface area contributed by atoms with Crippen molar-refractivity contribution in [3.05, 3.63) is 21.9 Å². The number of rotatable bonds is 1. The van der Waals surface area contributed by atoms with E-state index >= 15 is 0 Å². The SMILES string of the molecule is CC1(C)CCCN1C(=O)c1csc(C#CCN)c1. The van der Waals surface area contributed by atoms with Crippen molar-refractivity contribution in [1.82, 2.24) is 4.90 Å². The molecule has 0 bridgehead atoms. The first-order valence-electron chi connectivity index (χ1n) is 6.14. The van der Waals surface area contributed by atoms with E-state index in [0.29, 0.717) is 6.54 Å². The third-order valence-electron chi connectivity index (χ3n) is 3.31. The second-order valence-electron chi connectivity index (χ2n) is 5.08. The lowest BCUT2D eigenvalue weighted by molar-refractivity contribution is 0.0652. The Morgan fingerprint density at radius 3 is 3.00 bits per heavy atom. The summed E-state index contributed by atoms with van der Waals surface area (Å²) in [5.41, 5.74) is 6.05. The minimum atomic E-state index is -0.0257. The van der Waals surface area contributed by atoms with Gasteiger partial charge in [0.15, 0.2) is 0 Å². The van der Waals surface area contributed by atoms with E-state index in [1.54, 1.807) is 0 Å². The van der Waals surface area contributed by atoms with Crippen LogP contribution in [0.1, 0.15) is 41.9 Å². The van der Waals surface area contributed by atoms with Crippen molar-refractivity contribution >= 4 is 17.2 Å². The molecular weight excluding hydrogens is 244 g/mol. The maximum Gasteiger partial charge on any atom is 0.255 e. The minimum absolute atomic E-state index is 0.0257. The summed E-state index contributed by atoms with van der Waals surface area (Å²) in [6.45, 7) is 5.45. The quantitative estimate of drug-likeness (QED) is 0.788. The van der Waals surface area contributed by atoms with Crippen LogP contribution >= 0.6 is 11.3 Å². The van der Waals surface area contributed by atoms with E-state index in [9.17, 15) is 4.79 Å². The molecule has 2 rings (SSSR count). The fraction of sp³-hybridized carbons (Fsp3) is 0.500. The van der Waals surface area contributed by atoms with Crippen LogP contribution in [0.3, 0.4) is 0 Å². The number of carbonyl (C=O) groups excluding carboxylic acids is 1. The Labute approximate surface area is 112 Å². The molecule has 0 unspecified atom stereocenters. The van der Waals surface area contributed by atoms with Gasteiger partial charge in [0, 0.05) is 17.5 Å². The van der Waals surface area contributed by atoms with Gasteiger partial charge in [-0.05, 0) is 32.8 Å². The van der Waals surface area contributed by atoms with Crippen molar-refractivity contribution < 1.29 is 4.79 Å². The Morgan fingerprint density at radius 2 is 2.39 bits per heavy atom. The van der Waals surface area contributed by atoms with E-state index in [2.05, 4.69) is 25.7 Å². The highest BCUT2D eigenvalue weighted by molar-refractivity contribution is 7.10. The number of carbonyl (C=O) groups is 1. The van der Waals surface area contributed by atoms with E-state index in [-0.39, 0.29) is 11.4 Å². The normalized spacial score (nSPS) is 17.4. The number of amides is 1. The van der Waals surface area contributed by atoms with Crippen molar-refractivity contribution in [1.29, 1.82) is 0 Å². The van der Waals surface area contributed by atoms with E-state index < -0.39 is 0 Å². The van der Waals surface area contributed by atoms with Crippen molar-refractivity contribution in [2.45, 2.75) is 32.2 Å². The van der Waals surface area contributed by atoms with Crippen LogP contribution in [0.4, 0.5) is 0 Å². The van der Waals surface area contributed by atoms with Crippen molar-refractivity contribution in [2.75, 3.05) is 13.1 Å². The van der Waals surface area contributed by atoms with Crippen LogP contribution in [0.15, 0.2) is 11.4 Å². The molecule has 0 atom stereocenters. The number of nitrogens with two attached hydrogens (primary N) is 1. The molecule has 96 valence electrons. The number of hydrogen-bond acceptors (Lipinski definition) is 3. The number of hydrogen-bond donors (Lipinski definition) is 1. The van der Waals surface area contributed by atoms with Crippen LogP contribution in [-0.4, -0.2) is 29.4 Å². The summed E-state index contributed by atoms with van der Waals surface area (Å²) >= 11 is 1.50. The molecule has 0 aliphatic carbocycles. The summed E-state index contributed by atoms with van der Waals surface area (Å²) in [5, 5.41) is 1.89. The minimum Gasteiger partial charge on any atom is -0.334 e. The van der Waals surface area contributed by atoms with E-state index in [1.165, 1.54) is 11.3 Å². The fourth-order valence-electron chi connectivity index (χ4n) is 2.29. The van der Waals surface area contributed by atoms with Gasteiger partial charge in [-0.1, -0.05) is 11.8 Å². The van der Waals surface area contributed by atoms with Gasteiger partial charge in [0.1, 0.15) is 0 Å². The zero-order valence-electron chi connectivity index (χ0n) is 10.8. The molecule has 1 aromatic rings. The van der Waals surface area contributed by atoms with Crippen molar-refractivity contribution in [2.24, 2.45) is 5.73 Å². The highest BCUT2D eigenvalue weighted by Crippen LogP contribution is 2.30. The Kier molecular flexibility index (Phi) is 3.74. The predicted octanol–water partition coefficient (Wildman–Crippen LogP) is 2.07. The third-order valence-corrected chi connectivity index (χ3v) is 4.15. The first-order chi connectivity index (χ1) is 8.54. The van der Waals surface area contributed by atoms with Gasteiger partial charge < -0.3 is 10.6 Å². The topological polar surface area (TPSA) is 46.3 Å². The molecular formula is C14H18N2OS. The highest BCUT2D eigenvalue weighted by Gasteiger charge is 2.35. The Balaban J connectivity index is 2.17. The van der Waals surface area contributed by atoms with Crippen LogP contribution in [0.25, 0.3) is 0 Å². The predicted molar refractivity (Wildman–Crippen MR) is 74.6 cm³/mol. The molecule has 2 N–H and O–H groups in total. The maximum atomic E-state index is 12.4. The summed E-state index contributed by atoms with van der Waals surface area (Å²) < 4.78 is 0. The molecule has 1 aromatic heterocycles. The molecule has 3 nitrogen and oxygen atoms in total. The zero-order chi connectivity index (χ0) is 13.2. The number of nitrogens with zero attached hydrogens (tertiary/aromatic N) is 1. The van der Waals surface area contributed by atoms with Crippen molar-refractivity contribution in [3.8, 4) is 11.8 Å². The first kappa shape index (κ1) is 13.1. The van der Waals surface area contributed by atoms with Gasteiger partial charge in [-0.3, -0.25) is 4.79 Å². The molecule has 0 spiro atoms. The van der Waals surface area contributed by atoms with Gasteiger partial charge in [0.25, 0.3) is 5.91 Å². The van der Waals surface area contributed by atoms with Crippen LogP contribution in [0, 0.1) is 11.8 Å². The molecule has 18 heavy (non-hydrogen) atoms. The third kappa shape index (κ3) is 2.58. The lowest BCUT2D eigenvalue weighted by Crippen LogP contribution is -2.42. The van der Waals surface area contributed by atoms with Gasteiger partial charge in [-0.2, -0.15) is 0 Å². The summed E-state index contributed by atoms with van der Waals surface area (Å²) in [4.78, 5) is 15.3. The largest absolute Gasteiger partial charge is 0.334 e. The Hall–Kier alpha value is -1.31. The van der Waals surface area contributed by atoms with Gasteiger partial charge in [0.05, 0.1) is 17.0 Å². The highest BCUT2D eigenvalue weighted by atomic mass is 32.1. The second-order valence-corrected chi connectivity index (χ2v) is 5.99. The summed E-state index contributed by atoms with van der Waals surface area (Å²) in [5.74, 6) is 5.89. The molecule has 0 saturated carbocycles.